The number of rotatable bonds is 20. The second-order valence-electron chi connectivity index (χ2n) is 10.0. The van der Waals surface area contributed by atoms with Gasteiger partial charge in [-0.3, -0.25) is 9.59 Å². The van der Waals surface area contributed by atoms with Gasteiger partial charge in [-0.2, -0.15) is 0 Å². The minimum atomic E-state index is -0.283. The van der Waals surface area contributed by atoms with Gasteiger partial charge in [0.15, 0.2) is 0 Å². The van der Waals surface area contributed by atoms with E-state index in [0.29, 0.717) is 32.5 Å². The fourth-order valence-electron chi connectivity index (χ4n) is 3.03. The second-order valence-corrected chi connectivity index (χ2v) is 10.0. The molecule has 2 N–H and O–H groups in total. The number of amides is 2. The van der Waals surface area contributed by atoms with Gasteiger partial charge < -0.3 is 20.1 Å². The van der Waals surface area contributed by atoms with Crippen LogP contribution in [0.15, 0.2) is 12.2 Å². The van der Waals surface area contributed by atoms with Crippen LogP contribution in [0.25, 0.3) is 0 Å². The third kappa shape index (κ3) is 19.3. The minimum absolute atomic E-state index is 0.0724. The van der Waals surface area contributed by atoms with Crippen molar-refractivity contribution in [3.05, 3.63) is 12.2 Å². The molecule has 0 bridgehead atoms. The van der Waals surface area contributed by atoms with Crippen molar-refractivity contribution in [2.45, 2.75) is 117 Å². The Morgan fingerprint density at radius 2 is 1.34 bits per heavy atom. The molecule has 6 nitrogen and oxygen atoms in total. The Kier molecular flexibility index (Phi) is 16.4. The third-order valence-electron chi connectivity index (χ3n) is 5.42. The molecule has 0 aromatic heterocycles. The molecule has 0 aliphatic rings. The number of hydrogen-bond acceptors (Lipinski definition) is 4. The van der Waals surface area contributed by atoms with E-state index in [2.05, 4.69) is 51.8 Å². The third-order valence-corrected chi connectivity index (χ3v) is 5.42. The van der Waals surface area contributed by atoms with Gasteiger partial charge in [0.05, 0.1) is 17.8 Å². The molecule has 0 saturated heterocycles. The zero-order valence-corrected chi connectivity index (χ0v) is 21.7. The zero-order chi connectivity index (χ0) is 24.5. The summed E-state index contributed by atoms with van der Waals surface area (Å²) in [5.74, 6) is 0.153. The van der Waals surface area contributed by atoms with Gasteiger partial charge in [-0.25, -0.2) is 0 Å². The first-order valence-corrected chi connectivity index (χ1v) is 12.4. The molecule has 0 fully saturated rings. The maximum absolute atomic E-state index is 12.0. The molecule has 0 aromatic rings. The van der Waals surface area contributed by atoms with Crippen molar-refractivity contribution in [2.75, 3.05) is 26.3 Å². The van der Waals surface area contributed by atoms with Crippen LogP contribution in [0.4, 0.5) is 0 Å². The van der Waals surface area contributed by atoms with Crippen LogP contribution >= 0.6 is 0 Å². The molecule has 0 heterocycles. The van der Waals surface area contributed by atoms with Gasteiger partial charge in [0, 0.05) is 32.5 Å². The molecule has 0 rings (SSSR count). The van der Waals surface area contributed by atoms with Gasteiger partial charge in [-0.1, -0.05) is 25.3 Å². The normalized spacial score (nSPS) is 11.9. The molecule has 2 amide bonds. The maximum Gasteiger partial charge on any atom is 0.220 e. The van der Waals surface area contributed by atoms with Crippen LogP contribution < -0.4 is 10.6 Å². The van der Waals surface area contributed by atoms with Crippen LogP contribution in [0.3, 0.4) is 0 Å². The summed E-state index contributed by atoms with van der Waals surface area (Å²) in [6, 6.07) is 0. The lowest BCUT2D eigenvalue weighted by Crippen LogP contribution is -2.34. The summed E-state index contributed by atoms with van der Waals surface area (Å²) >= 11 is 0. The lowest BCUT2D eigenvalue weighted by atomic mass is 10.0. The van der Waals surface area contributed by atoms with Crippen LogP contribution in [-0.2, 0) is 19.1 Å². The monoisotopic (exact) mass is 454 g/mol. The summed E-state index contributed by atoms with van der Waals surface area (Å²) < 4.78 is 12.0. The lowest BCUT2D eigenvalue weighted by Gasteiger charge is -2.30. The molecule has 0 aromatic carbocycles. The highest BCUT2D eigenvalue weighted by molar-refractivity contribution is 5.76. The summed E-state index contributed by atoms with van der Waals surface area (Å²) in [5.41, 5.74) is 0.569. The number of carbonyl (C=O) groups excluding carboxylic acids is 2. The fraction of sp³-hybridized carbons (Fsp3) is 0.846. The van der Waals surface area contributed by atoms with E-state index in [9.17, 15) is 9.59 Å². The van der Waals surface area contributed by atoms with E-state index in [1.54, 1.807) is 0 Å². The average molecular weight is 455 g/mol. The van der Waals surface area contributed by atoms with Crippen molar-refractivity contribution in [1.29, 1.82) is 0 Å². The standard InChI is InChI=1S/C26H50N2O4/c1-8-9-20-31-26(6,7)17-21-32-25(4,5)16-19-28-23(29)13-11-10-12-18-27-24(30)15-14-22(2)3/h2,8-21H2,1,3-7H3,(H,27,30)(H,28,29). The summed E-state index contributed by atoms with van der Waals surface area (Å²) in [7, 11) is 0. The van der Waals surface area contributed by atoms with Gasteiger partial charge in [0.25, 0.3) is 0 Å². The highest BCUT2D eigenvalue weighted by atomic mass is 16.5. The Morgan fingerprint density at radius 1 is 0.750 bits per heavy atom. The van der Waals surface area contributed by atoms with Crippen LogP contribution in [-0.4, -0.2) is 49.3 Å². The number of hydrogen-bond donors (Lipinski definition) is 2. The number of allylic oxidation sites excluding steroid dienone is 1. The zero-order valence-electron chi connectivity index (χ0n) is 21.7. The van der Waals surface area contributed by atoms with Crippen molar-refractivity contribution in [1.82, 2.24) is 10.6 Å². The highest BCUT2D eigenvalue weighted by Gasteiger charge is 2.22. The van der Waals surface area contributed by atoms with Gasteiger partial charge >= 0.3 is 0 Å². The molecule has 0 aliphatic carbocycles. The topological polar surface area (TPSA) is 76.7 Å². The van der Waals surface area contributed by atoms with Crippen molar-refractivity contribution < 1.29 is 19.1 Å². The van der Waals surface area contributed by atoms with E-state index in [0.717, 1.165) is 63.5 Å². The van der Waals surface area contributed by atoms with E-state index in [-0.39, 0.29) is 23.0 Å². The Labute approximate surface area is 197 Å². The largest absolute Gasteiger partial charge is 0.375 e. The fourth-order valence-corrected chi connectivity index (χ4v) is 3.03. The summed E-state index contributed by atoms with van der Waals surface area (Å²) in [6.07, 6.45) is 8.26. The van der Waals surface area contributed by atoms with Crippen LogP contribution in [0.5, 0.6) is 0 Å². The predicted octanol–water partition coefficient (Wildman–Crippen LogP) is 5.31. The van der Waals surface area contributed by atoms with Crippen molar-refractivity contribution >= 4 is 11.8 Å². The van der Waals surface area contributed by atoms with Gasteiger partial charge in [-0.05, 0) is 73.1 Å². The van der Waals surface area contributed by atoms with Crippen LogP contribution in [0.1, 0.15) is 106 Å². The van der Waals surface area contributed by atoms with Crippen LogP contribution in [0, 0.1) is 0 Å². The van der Waals surface area contributed by atoms with Gasteiger partial charge in [-0.15, -0.1) is 6.58 Å². The molecule has 32 heavy (non-hydrogen) atoms. The van der Waals surface area contributed by atoms with E-state index < -0.39 is 0 Å². The van der Waals surface area contributed by atoms with Crippen molar-refractivity contribution in [2.24, 2.45) is 0 Å². The Hall–Kier alpha value is -1.40. The molecule has 0 saturated carbocycles. The van der Waals surface area contributed by atoms with Crippen molar-refractivity contribution in [3.63, 3.8) is 0 Å². The molecule has 0 radical (unpaired) electrons. The lowest BCUT2D eigenvalue weighted by molar-refractivity contribution is -0.122. The summed E-state index contributed by atoms with van der Waals surface area (Å²) in [5, 5.41) is 5.91. The molecule has 188 valence electrons. The molecule has 0 unspecified atom stereocenters. The molecular weight excluding hydrogens is 404 g/mol. The Balaban J connectivity index is 3.78. The molecule has 0 aliphatic heterocycles. The first-order valence-electron chi connectivity index (χ1n) is 12.4. The minimum Gasteiger partial charge on any atom is -0.375 e. The maximum atomic E-state index is 12.0. The quantitative estimate of drug-likeness (QED) is 0.193. The van der Waals surface area contributed by atoms with E-state index >= 15 is 0 Å². The molecule has 0 spiro atoms. The Morgan fingerprint density at radius 3 is 2.00 bits per heavy atom. The first-order chi connectivity index (χ1) is 15.0. The predicted molar refractivity (Wildman–Crippen MR) is 133 cm³/mol. The summed E-state index contributed by atoms with van der Waals surface area (Å²) in [4.78, 5) is 23.7. The number of unbranched alkanes of at least 4 members (excludes halogenated alkanes) is 3. The van der Waals surface area contributed by atoms with Crippen molar-refractivity contribution in [3.8, 4) is 0 Å². The summed E-state index contributed by atoms with van der Waals surface area (Å²) in [6.45, 7) is 19.0. The average Bonchev–Trinajstić information content (AvgIpc) is 2.68. The number of nitrogens with one attached hydrogen (secondary N) is 2. The second kappa shape index (κ2) is 17.1. The van der Waals surface area contributed by atoms with Gasteiger partial charge in [0.2, 0.25) is 11.8 Å². The SMILES string of the molecule is C=C(C)CCC(=O)NCCCCCC(=O)NCCC(C)(C)OCCC(C)(C)OCCCC. The van der Waals surface area contributed by atoms with E-state index in [1.807, 2.05) is 6.92 Å². The highest BCUT2D eigenvalue weighted by Crippen LogP contribution is 2.19. The smallest absolute Gasteiger partial charge is 0.220 e. The number of carbonyl (C=O) groups is 2. The number of ether oxygens (including phenoxy) is 2. The molecule has 6 heteroatoms. The molecule has 0 atom stereocenters. The Bertz CT molecular complexity index is 544. The van der Waals surface area contributed by atoms with Gasteiger partial charge in [0.1, 0.15) is 0 Å². The van der Waals surface area contributed by atoms with Crippen LogP contribution in [0.2, 0.25) is 0 Å². The van der Waals surface area contributed by atoms with E-state index in [1.165, 1.54) is 0 Å². The first kappa shape index (κ1) is 30.6. The molecular formula is C26H50N2O4. The van der Waals surface area contributed by atoms with E-state index in [4.69, 9.17) is 9.47 Å².